The van der Waals surface area contributed by atoms with Crippen molar-refractivity contribution in [3.05, 3.63) is 53.1 Å². The van der Waals surface area contributed by atoms with E-state index in [4.69, 9.17) is 16.7 Å². The number of benzene rings is 2. The molecule has 0 aliphatic carbocycles. The summed E-state index contributed by atoms with van der Waals surface area (Å²) in [6.07, 6.45) is -0.0122. The number of primary sulfonamides is 1. The Morgan fingerprint density at radius 2 is 1.81 bits per heavy atom. The molecular formula is C17H16ClN3O4S. The Balaban J connectivity index is 1.82. The molecule has 3 rings (SSSR count). The molecule has 1 fully saturated rings. The predicted molar refractivity (Wildman–Crippen MR) is 98.5 cm³/mol. The number of rotatable bonds is 4. The summed E-state index contributed by atoms with van der Waals surface area (Å²) in [5.74, 6) is -0.727. The quantitative estimate of drug-likeness (QED) is 0.772. The van der Waals surface area contributed by atoms with Gasteiger partial charge in [-0.25, -0.2) is 18.5 Å². The van der Waals surface area contributed by atoms with Gasteiger partial charge in [-0.2, -0.15) is 0 Å². The van der Waals surface area contributed by atoms with E-state index < -0.39 is 22.0 Å². The van der Waals surface area contributed by atoms with Crippen molar-refractivity contribution in [3.8, 4) is 0 Å². The van der Waals surface area contributed by atoms with Crippen LogP contribution < -0.4 is 15.4 Å². The zero-order valence-electron chi connectivity index (χ0n) is 13.8. The van der Waals surface area contributed by atoms with Crippen LogP contribution in [-0.4, -0.2) is 26.3 Å². The predicted octanol–water partition coefficient (Wildman–Crippen LogP) is 2.04. The molecule has 0 spiro atoms. The first-order valence-electron chi connectivity index (χ1n) is 7.70. The second-order valence-corrected chi connectivity index (χ2v) is 7.89. The Morgan fingerprint density at radius 1 is 1.15 bits per heavy atom. The van der Waals surface area contributed by atoms with Gasteiger partial charge in [-0.3, -0.25) is 9.59 Å². The lowest BCUT2D eigenvalue weighted by Gasteiger charge is -2.18. The van der Waals surface area contributed by atoms with Crippen LogP contribution in [0, 0.1) is 6.92 Å². The first-order valence-corrected chi connectivity index (χ1v) is 9.62. The number of nitrogens with zero attached hydrogens (tertiary/aromatic N) is 1. The number of sulfonamides is 1. The van der Waals surface area contributed by atoms with Crippen LogP contribution in [0.25, 0.3) is 0 Å². The summed E-state index contributed by atoms with van der Waals surface area (Å²) in [6, 6.07) is 9.93. The summed E-state index contributed by atoms with van der Waals surface area (Å²) >= 11 is 6.08. The summed E-state index contributed by atoms with van der Waals surface area (Å²) in [5, 5.41) is 8.48. The molecule has 1 atom stereocenters. The van der Waals surface area contributed by atoms with Gasteiger partial charge in [-0.05, 0) is 48.9 Å². The van der Waals surface area contributed by atoms with Crippen molar-refractivity contribution < 1.29 is 18.0 Å². The third-order valence-corrected chi connectivity index (χ3v) is 5.49. The van der Waals surface area contributed by atoms with E-state index in [-0.39, 0.29) is 17.2 Å². The molecule has 1 saturated heterocycles. The molecule has 136 valence electrons. The summed E-state index contributed by atoms with van der Waals surface area (Å²) in [7, 11) is -3.79. The van der Waals surface area contributed by atoms with Crippen LogP contribution in [0.15, 0.2) is 47.4 Å². The minimum absolute atomic E-state index is 0.0122. The number of anilines is 2. The minimum Gasteiger partial charge on any atom is -0.373 e. The lowest BCUT2D eigenvalue weighted by atomic mass is 10.2. The summed E-state index contributed by atoms with van der Waals surface area (Å²) in [5.41, 5.74) is 1.61. The van der Waals surface area contributed by atoms with Crippen molar-refractivity contribution >= 4 is 44.8 Å². The number of nitrogens with two attached hydrogens (primary N) is 1. The molecule has 9 heteroatoms. The fourth-order valence-corrected chi connectivity index (χ4v) is 3.46. The number of halogens is 1. The molecule has 2 aromatic carbocycles. The molecule has 0 aromatic heterocycles. The number of hydrogen-bond donors (Lipinski definition) is 2. The maximum atomic E-state index is 12.7. The van der Waals surface area contributed by atoms with Gasteiger partial charge in [0.15, 0.2) is 0 Å². The molecule has 1 aliphatic rings. The topological polar surface area (TPSA) is 110 Å². The number of carbonyl (C=O) groups excluding carboxylic acids is 2. The van der Waals surface area contributed by atoms with Crippen LogP contribution >= 0.6 is 11.6 Å². The van der Waals surface area contributed by atoms with Crippen LogP contribution in [0.4, 0.5) is 11.4 Å². The average Bonchev–Trinajstić information content (AvgIpc) is 2.84. The highest BCUT2D eigenvalue weighted by Gasteiger charge is 2.40. The van der Waals surface area contributed by atoms with E-state index in [0.29, 0.717) is 22.0 Å². The molecule has 2 aromatic rings. The normalized spacial score (nSPS) is 17.7. The Kier molecular flexibility index (Phi) is 4.74. The fourth-order valence-electron chi connectivity index (χ4n) is 2.78. The Labute approximate surface area is 155 Å². The number of carbonyl (C=O) groups is 2. The highest BCUT2D eigenvalue weighted by Crippen LogP contribution is 2.31. The molecule has 0 saturated carbocycles. The van der Waals surface area contributed by atoms with Gasteiger partial charge in [0.05, 0.1) is 17.0 Å². The number of imide groups is 1. The molecule has 0 radical (unpaired) electrons. The molecule has 0 bridgehead atoms. The SMILES string of the molecule is Cc1c(Cl)cccc1N1C(=O)CC(Nc2ccc(S(N)(=O)=O)cc2)C1=O. The molecular weight excluding hydrogens is 378 g/mol. The maximum Gasteiger partial charge on any atom is 0.256 e. The highest BCUT2D eigenvalue weighted by atomic mass is 35.5. The molecule has 26 heavy (non-hydrogen) atoms. The Hall–Kier alpha value is -2.42. The average molecular weight is 394 g/mol. The third kappa shape index (κ3) is 3.44. The fraction of sp³-hybridized carbons (Fsp3) is 0.176. The molecule has 1 heterocycles. The number of hydrogen-bond acceptors (Lipinski definition) is 5. The van der Waals surface area contributed by atoms with E-state index in [9.17, 15) is 18.0 Å². The molecule has 1 aliphatic heterocycles. The van der Waals surface area contributed by atoms with E-state index in [1.54, 1.807) is 25.1 Å². The molecule has 2 amide bonds. The minimum atomic E-state index is -3.79. The van der Waals surface area contributed by atoms with Crippen LogP contribution in [0.3, 0.4) is 0 Å². The summed E-state index contributed by atoms with van der Waals surface area (Å²) < 4.78 is 22.6. The Bertz CT molecular complexity index is 990. The van der Waals surface area contributed by atoms with Gasteiger partial charge in [0.2, 0.25) is 15.9 Å². The van der Waals surface area contributed by atoms with Crippen molar-refractivity contribution in [2.75, 3.05) is 10.2 Å². The van der Waals surface area contributed by atoms with E-state index in [2.05, 4.69) is 5.32 Å². The second-order valence-electron chi connectivity index (χ2n) is 5.92. The molecule has 7 nitrogen and oxygen atoms in total. The largest absolute Gasteiger partial charge is 0.373 e. The van der Waals surface area contributed by atoms with Gasteiger partial charge in [-0.1, -0.05) is 17.7 Å². The van der Waals surface area contributed by atoms with Crippen LogP contribution in [-0.2, 0) is 19.6 Å². The third-order valence-electron chi connectivity index (χ3n) is 4.15. The first-order chi connectivity index (χ1) is 12.2. The van der Waals surface area contributed by atoms with Crippen molar-refractivity contribution in [2.45, 2.75) is 24.3 Å². The van der Waals surface area contributed by atoms with E-state index in [0.717, 1.165) is 4.90 Å². The second kappa shape index (κ2) is 6.71. The van der Waals surface area contributed by atoms with Crippen molar-refractivity contribution in [2.24, 2.45) is 5.14 Å². The smallest absolute Gasteiger partial charge is 0.256 e. The Morgan fingerprint density at radius 3 is 2.42 bits per heavy atom. The van der Waals surface area contributed by atoms with Gasteiger partial charge in [-0.15, -0.1) is 0 Å². The van der Waals surface area contributed by atoms with Gasteiger partial charge in [0, 0.05) is 10.7 Å². The summed E-state index contributed by atoms with van der Waals surface area (Å²) in [4.78, 5) is 26.1. The van der Waals surface area contributed by atoms with Crippen molar-refractivity contribution in [3.63, 3.8) is 0 Å². The van der Waals surface area contributed by atoms with E-state index >= 15 is 0 Å². The number of nitrogens with one attached hydrogen (secondary N) is 1. The summed E-state index contributed by atoms with van der Waals surface area (Å²) in [6.45, 7) is 1.74. The van der Waals surface area contributed by atoms with Gasteiger partial charge < -0.3 is 5.32 Å². The van der Waals surface area contributed by atoms with Crippen LogP contribution in [0.5, 0.6) is 0 Å². The van der Waals surface area contributed by atoms with Crippen LogP contribution in [0.1, 0.15) is 12.0 Å². The number of amides is 2. The first kappa shape index (κ1) is 18.4. The zero-order chi connectivity index (χ0) is 19.1. The molecule has 3 N–H and O–H groups in total. The van der Waals surface area contributed by atoms with E-state index in [1.165, 1.54) is 24.3 Å². The lowest BCUT2D eigenvalue weighted by Crippen LogP contribution is -2.35. The lowest BCUT2D eigenvalue weighted by molar-refractivity contribution is -0.121. The van der Waals surface area contributed by atoms with Crippen molar-refractivity contribution in [1.82, 2.24) is 0 Å². The van der Waals surface area contributed by atoms with Gasteiger partial charge in [0.1, 0.15) is 6.04 Å². The standard InChI is InChI=1S/C17H16ClN3O4S/c1-10-13(18)3-2-4-15(10)21-16(22)9-14(17(21)23)20-11-5-7-12(8-6-11)26(19,24)25/h2-8,14,20H,9H2,1H3,(H2,19,24,25). The van der Waals surface area contributed by atoms with Gasteiger partial charge in [0.25, 0.3) is 5.91 Å². The van der Waals surface area contributed by atoms with Crippen LogP contribution in [0.2, 0.25) is 5.02 Å². The van der Waals surface area contributed by atoms with Gasteiger partial charge >= 0.3 is 0 Å². The van der Waals surface area contributed by atoms with Crippen molar-refractivity contribution in [1.29, 1.82) is 0 Å². The monoisotopic (exact) mass is 393 g/mol. The zero-order valence-corrected chi connectivity index (χ0v) is 15.3. The maximum absolute atomic E-state index is 12.7. The van der Waals surface area contributed by atoms with E-state index in [1.807, 2.05) is 0 Å². The highest BCUT2D eigenvalue weighted by molar-refractivity contribution is 7.89. The molecule has 1 unspecified atom stereocenters.